The quantitative estimate of drug-likeness (QED) is 0.0463. The van der Waals surface area contributed by atoms with E-state index in [1.807, 2.05) is 0 Å². The largest absolute Gasteiger partial charge is 0.481 e. The minimum atomic E-state index is -0.932. The molecule has 0 radical (unpaired) electrons. The molecule has 7 nitrogen and oxygen atoms in total. The predicted octanol–water partition coefficient (Wildman–Crippen LogP) is 8.56. The fraction of sp³-hybridized carbons (Fsp3) is 0.853. The number of carbonyl (C=O) groups is 3. The van der Waals surface area contributed by atoms with Crippen molar-refractivity contribution in [2.75, 3.05) is 26.2 Å². The Balaban J connectivity index is 4.26. The molecule has 3 unspecified atom stereocenters. The van der Waals surface area contributed by atoms with Crippen molar-refractivity contribution in [3.05, 3.63) is 12.2 Å². The third kappa shape index (κ3) is 21.5. The number of aliphatic carboxylic acids is 3. The lowest BCUT2D eigenvalue weighted by Gasteiger charge is -2.42. The van der Waals surface area contributed by atoms with Gasteiger partial charge in [-0.2, -0.15) is 0 Å². The van der Waals surface area contributed by atoms with Gasteiger partial charge in [0.15, 0.2) is 0 Å². The van der Waals surface area contributed by atoms with Gasteiger partial charge in [0.2, 0.25) is 0 Å². The molecule has 240 valence electrons. The third-order valence-corrected chi connectivity index (χ3v) is 8.39. The minimum Gasteiger partial charge on any atom is -0.481 e. The topological polar surface area (TPSA) is 112 Å². The first-order valence-corrected chi connectivity index (χ1v) is 16.7. The normalized spacial score (nSPS) is 15.4. The Hall–Kier alpha value is -1.89. The highest BCUT2D eigenvalue weighted by Gasteiger charge is 2.38. The van der Waals surface area contributed by atoms with Crippen molar-refractivity contribution in [2.45, 2.75) is 143 Å². The van der Waals surface area contributed by atoms with Gasteiger partial charge >= 0.3 is 17.9 Å². The lowest BCUT2D eigenvalue weighted by Crippen LogP contribution is -2.57. The molecule has 0 aliphatic heterocycles. The van der Waals surface area contributed by atoms with E-state index in [1.54, 1.807) is 20.8 Å². The van der Waals surface area contributed by atoms with Crippen molar-refractivity contribution in [3.63, 3.8) is 0 Å². The zero-order valence-corrected chi connectivity index (χ0v) is 27.0. The summed E-state index contributed by atoms with van der Waals surface area (Å²) in [6.45, 7) is 8.50. The molecule has 0 saturated carbocycles. The number of nitrogens with zero attached hydrogens (tertiary/aromatic N) is 1. The summed E-state index contributed by atoms with van der Waals surface area (Å²) in [6.07, 6.45) is 27.1. The standard InChI is InChI=1S/C34H63NO6/c1-5-6-7-8-9-10-11-12-13-14-15-16-17-18-19-20-21-22-23-24-25-35(26-29(2)32(36)37,27-30(3)33(38)39)28-31(4)34(40)41/h12-13,29-31H,5-11,14-28H2,1-4H3,(H2-,36,37,38,39,40,41)/p+1/b13-12+. The number of rotatable bonds is 29. The van der Waals surface area contributed by atoms with Crippen molar-refractivity contribution in [3.8, 4) is 0 Å². The molecule has 0 aromatic carbocycles. The van der Waals surface area contributed by atoms with E-state index in [-0.39, 0.29) is 24.1 Å². The molecule has 3 N–H and O–H groups in total. The van der Waals surface area contributed by atoms with Gasteiger partial charge in [-0.1, -0.05) is 96.1 Å². The van der Waals surface area contributed by atoms with Gasteiger partial charge < -0.3 is 19.8 Å². The van der Waals surface area contributed by atoms with Crippen LogP contribution in [-0.2, 0) is 14.4 Å². The monoisotopic (exact) mass is 582 g/mol. The Kier molecular flexibility index (Phi) is 23.5. The average molecular weight is 583 g/mol. The van der Waals surface area contributed by atoms with Gasteiger partial charge in [-0.3, -0.25) is 14.4 Å². The SMILES string of the molecule is CCCCCCCC/C=C/CCCCCCCCCCCC[N+](CC(C)C(=O)O)(CC(C)C(=O)O)CC(C)C(=O)O. The predicted molar refractivity (Wildman–Crippen MR) is 168 cm³/mol. The molecule has 0 rings (SSSR count). The zero-order chi connectivity index (χ0) is 30.9. The lowest BCUT2D eigenvalue weighted by molar-refractivity contribution is -0.934. The first-order chi connectivity index (χ1) is 19.5. The summed E-state index contributed by atoms with van der Waals surface area (Å²) in [5.74, 6) is -4.80. The fourth-order valence-corrected chi connectivity index (χ4v) is 5.88. The van der Waals surface area contributed by atoms with E-state index in [0.29, 0.717) is 6.54 Å². The van der Waals surface area contributed by atoms with Crippen LogP contribution in [0.1, 0.15) is 143 Å². The third-order valence-electron chi connectivity index (χ3n) is 8.39. The van der Waals surface area contributed by atoms with E-state index >= 15 is 0 Å². The number of hydrogen-bond acceptors (Lipinski definition) is 3. The van der Waals surface area contributed by atoms with Crippen LogP contribution in [0.15, 0.2) is 12.2 Å². The molecule has 0 aliphatic rings. The summed E-state index contributed by atoms with van der Waals surface area (Å²) in [4.78, 5) is 34.9. The molecular formula is C34H64NO6+. The molecule has 41 heavy (non-hydrogen) atoms. The number of carboxylic acids is 3. The summed E-state index contributed by atoms with van der Waals surface area (Å²) in [6, 6.07) is 0. The molecule has 0 amide bonds. The number of carboxylic acid groups (broad SMARTS) is 3. The summed E-state index contributed by atoms with van der Waals surface area (Å²) in [5, 5.41) is 28.6. The van der Waals surface area contributed by atoms with Gasteiger partial charge in [-0.05, 0) is 59.3 Å². The lowest BCUT2D eigenvalue weighted by atomic mass is 10.00. The number of hydrogen-bond donors (Lipinski definition) is 3. The maximum absolute atomic E-state index is 11.6. The van der Waals surface area contributed by atoms with Crippen molar-refractivity contribution in [1.82, 2.24) is 0 Å². The van der Waals surface area contributed by atoms with E-state index in [9.17, 15) is 29.7 Å². The van der Waals surface area contributed by atoms with Crippen LogP contribution in [0.3, 0.4) is 0 Å². The van der Waals surface area contributed by atoms with Crippen molar-refractivity contribution in [2.24, 2.45) is 17.8 Å². The summed E-state index contributed by atoms with van der Waals surface area (Å²) in [5.41, 5.74) is 0. The van der Waals surface area contributed by atoms with Gasteiger partial charge in [0.05, 0.1) is 26.2 Å². The Morgan fingerprint density at radius 2 is 0.805 bits per heavy atom. The molecule has 0 aromatic rings. The number of quaternary nitrogens is 1. The van der Waals surface area contributed by atoms with E-state index in [2.05, 4.69) is 19.1 Å². The molecule has 3 atom stereocenters. The van der Waals surface area contributed by atoms with Crippen LogP contribution in [0.25, 0.3) is 0 Å². The maximum Gasteiger partial charge on any atom is 0.311 e. The highest BCUT2D eigenvalue weighted by Crippen LogP contribution is 2.22. The highest BCUT2D eigenvalue weighted by atomic mass is 16.4. The second-order valence-corrected chi connectivity index (χ2v) is 12.7. The maximum atomic E-state index is 11.6. The van der Waals surface area contributed by atoms with Gasteiger partial charge in [-0.15, -0.1) is 0 Å². The van der Waals surface area contributed by atoms with E-state index in [4.69, 9.17) is 0 Å². The molecule has 0 saturated heterocycles. The van der Waals surface area contributed by atoms with Gasteiger partial charge in [-0.25, -0.2) is 0 Å². The second kappa shape index (κ2) is 24.7. The summed E-state index contributed by atoms with van der Waals surface area (Å²) < 4.78 is 0.225. The van der Waals surface area contributed by atoms with Crippen molar-refractivity contribution in [1.29, 1.82) is 0 Å². The van der Waals surface area contributed by atoms with Crippen LogP contribution in [0.4, 0.5) is 0 Å². The first kappa shape index (κ1) is 39.1. The van der Waals surface area contributed by atoms with E-state index in [1.165, 1.54) is 96.3 Å². The molecule has 0 aliphatic carbocycles. The van der Waals surface area contributed by atoms with Crippen LogP contribution < -0.4 is 0 Å². The van der Waals surface area contributed by atoms with Crippen LogP contribution in [0, 0.1) is 17.8 Å². The molecule has 0 bridgehead atoms. The fourth-order valence-electron chi connectivity index (χ4n) is 5.88. The van der Waals surface area contributed by atoms with Crippen LogP contribution >= 0.6 is 0 Å². The van der Waals surface area contributed by atoms with Crippen molar-refractivity contribution >= 4 is 17.9 Å². The number of unbranched alkanes of at least 4 members (excludes halogenated alkanes) is 16. The highest BCUT2D eigenvalue weighted by molar-refractivity contribution is 5.70. The molecule has 0 spiro atoms. The van der Waals surface area contributed by atoms with Gasteiger partial charge in [0, 0.05) is 0 Å². The molecule has 7 heteroatoms. The Morgan fingerprint density at radius 1 is 0.512 bits per heavy atom. The van der Waals surface area contributed by atoms with Crippen LogP contribution in [-0.4, -0.2) is 63.9 Å². The summed E-state index contributed by atoms with van der Waals surface area (Å²) in [7, 11) is 0. The second-order valence-electron chi connectivity index (χ2n) is 12.7. The Labute approximate surface area is 251 Å². The molecular weight excluding hydrogens is 518 g/mol. The molecule has 0 heterocycles. The number of allylic oxidation sites excluding steroid dienone is 2. The van der Waals surface area contributed by atoms with Gasteiger partial charge in [0.1, 0.15) is 17.8 Å². The zero-order valence-electron chi connectivity index (χ0n) is 27.0. The van der Waals surface area contributed by atoms with Gasteiger partial charge in [0.25, 0.3) is 0 Å². The van der Waals surface area contributed by atoms with Crippen LogP contribution in [0.5, 0.6) is 0 Å². The average Bonchev–Trinajstić information content (AvgIpc) is 2.91. The summed E-state index contributed by atoms with van der Waals surface area (Å²) >= 11 is 0. The van der Waals surface area contributed by atoms with Crippen molar-refractivity contribution < 1.29 is 34.2 Å². The Bertz CT molecular complexity index is 667. The van der Waals surface area contributed by atoms with E-state index < -0.39 is 35.7 Å². The first-order valence-electron chi connectivity index (χ1n) is 16.7. The minimum absolute atomic E-state index is 0.225. The van der Waals surface area contributed by atoms with E-state index in [0.717, 1.165) is 19.3 Å². The molecule has 0 aromatic heterocycles. The smallest absolute Gasteiger partial charge is 0.311 e. The Morgan fingerprint density at radius 3 is 1.12 bits per heavy atom. The molecule has 0 fully saturated rings. The van der Waals surface area contributed by atoms with Crippen LogP contribution in [0.2, 0.25) is 0 Å².